The Kier molecular flexibility index (Phi) is 6.95. The van der Waals surface area contributed by atoms with Gasteiger partial charge in [-0.25, -0.2) is 0 Å². The molecule has 6 heteroatoms. The van der Waals surface area contributed by atoms with Crippen molar-refractivity contribution in [2.45, 2.75) is 37.2 Å². The Morgan fingerprint density at radius 3 is 2.44 bits per heavy atom. The van der Waals surface area contributed by atoms with Gasteiger partial charge in [0, 0.05) is 18.0 Å². The van der Waals surface area contributed by atoms with Gasteiger partial charge >= 0.3 is 6.18 Å². The highest BCUT2D eigenvalue weighted by Crippen LogP contribution is 2.24. The van der Waals surface area contributed by atoms with Crippen molar-refractivity contribution >= 4 is 15.9 Å². The van der Waals surface area contributed by atoms with E-state index in [0.29, 0.717) is 11.2 Å². The molecule has 1 unspecified atom stereocenters. The maximum atomic E-state index is 11.8. The van der Waals surface area contributed by atoms with E-state index in [1.54, 1.807) is 0 Å². The highest BCUT2D eigenvalue weighted by Gasteiger charge is 2.27. The minimum absolute atomic E-state index is 0.189. The Morgan fingerprint density at radius 2 is 1.94 bits per heavy atom. The summed E-state index contributed by atoms with van der Waals surface area (Å²) in [6.45, 7) is 4.15. The van der Waals surface area contributed by atoms with Crippen LogP contribution in [-0.2, 0) is 4.74 Å². The van der Waals surface area contributed by atoms with E-state index in [-0.39, 0.29) is 6.61 Å². The molecule has 0 saturated carbocycles. The van der Waals surface area contributed by atoms with Crippen LogP contribution in [0.2, 0.25) is 0 Å². The summed E-state index contributed by atoms with van der Waals surface area (Å²) in [5.74, 6) is 0.725. The predicted octanol–water partition coefficient (Wildman–Crippen LogP) is 3.45. The molecule has 0 aromatic heterocycles. The predicted molar refractivity (Wildman–Crippen MR) is 69.0 cm³/mol. The zero-order valence-corrected chi connectivity index (χ0v) is 12.3. The van der Waals surface area contributed by atoms with E-state index in [2.05, 4.69) is 32.5 Å². The van der Waals surface area contributed by atoms with Crippen molar-refractivity contribution in [2.75, 3.05) is 32.8 Å². The van der Waals surface area contributed by atoms with E-state index in [1.165, 1.54) is 0 Å². The van der Waals surface area contributed by atoms with Crippen molar-refractivity contribution in [1.29, 1.82) is 0 Å². The first kappa shape index (κ1) is 16.2. The van der Waals surface area contributed by atoms with Crippen molar-refractivity contribution < 1.29 is 17.9 Å². The standard InChI is InChI=1S/C12H21BrF3NO/c1-10(13)11-3-6-17(7-4-11)5-2-8-18-9-12(14,15)16/h10-11H,2-9H2,1H3. The quantitative estimate of drug-likeness (QED) is 0.546. The normalized spacial score (nSPS) is 21.2. The third-order valence-electron chi connectivity index (χ3n) is 3.31. The number of ether oxygens (including phenoxy) is 1. The van der Waals surface area contributed by atoms with Gasteiger partial charge in [0.25, 0.3) is 0 Å². The van der Waals surface area contributed by atoms with Crippen LogP contribution >= 0.6 is 15.9 Å². The second-order valence-corrected chi connectivity index (χ2v) is 6.32. The topological polar surface area (TPSA) is 12.5 Å². The average Bonchev–Trinajstić information content (AvgIpc) is 2.27. The Bertz CT molecular complexity index is 228. The molecule has 0 amide bonds. The third kappa shape index (κ3) is 6.95. The molecule has 0 aliphatic carbocycles. The van der Waals surface area contributed by atoms with Gasteiger partial charge in [0.15, 0.2) is 0 Å². The van der Waals surface area contributed by atoms with E-state index in [4.69, 9.17) is 0 Å². The van der Waals surface area contributed by atoms with Gasteiger partial charge in [-0.3, -0.25) is 0 Å². The number of nitrogens with zero attached hydrogens (tertiary/aromatic N) is 1. The first-order valence-electron chi connectivity index (χ1n) is 6.39. The molecule has 1 atom stereocenters. The molecule has 18 heavy (non-hydrogen) atoms. The van der Waals surface area contributed by atoms with Crippen molar-refractivity contribution in [3.05, 3.63) is 0 Å². The van der Waals surface area contributed by atoms with Gasteiger partial charge in [-0.2, -0.15) is 13.2 Å². The number of hydrogen-bond acceptors (Lipinski definition) is 2. The summed E-state index contributed by atoms with van der Waals surface area (Å²) in [6.07, 6.45) is -1.21. The van der Waals surface area contributed by atoms with E-state index in [1.807, 2.05) is 0 Å². The van der Waals surface area contributed by atoms with Gasteiger partial charge in [-0.15, -0.1) is 0 Å². The van der Waals surface area contributed by atoms with Gasteiger partial charge in [-0.05, 0) is 38.3 Å². The molecule has 0 radical (unpaired) electrons. The van der Waals surface area contributed by atoms with Crippen LogP contribution in [0.15, 0.2) is 0 Å². The zero-order valence-electron chi connectivity index (χ0n) is 10.7. The fourth-order valence-corrected chi connectivity index (χ4v) is 2.74. The largest absolute Gasteiger partial charge is 0.411 e. The fraction of sp³-hybridized carbons (Fsp3) is 1.00. The van der Waals surface area contributed by atoms with Crippen LogP contribution in [0.25, 0.3) is 0 Å². The summed E-state index contributed by atoms with van der Waals surface area (Å²) in [5.41, 5.74) is 0. The number of piperidine rings is 1. The molecular formula is C12H21BrF3NO. The lowest BCUT2D eigenvalue weighted by atomic mass is 9.94. The molecule has 0 aromatic carbocycles. The summed E-state index contributed by atoms with van der Waals surface area (Å²) in [6, 6.07) is 0. The maximum absolute atomic E-state index is 11.8. The van der Waals surface area contributed by atoms with Crippen LogP contribution in [0.1, 0.15) is 26.2 Å². The molecule has 1 aliphatic rings. The fourth-order valence-electron chi connectivity index (χ4n) is 2.21. The molecule has 1 saturated heterocycles. The van der Waals surface area contributed by atoms with Crippen LogP contribution in [0.4, 0.5) is 13.2 Å². The van der Waals surface area contributed by atoms with Gasteiger partial charge in [-0.1, -0.05) is 22.9 Å². The van der Waals surface area contributed by atoms with Crippen LogP contribution in [0, 0.1) is 5.92 Å². The lowest BCUT2D eigenvalue weighted by Gasteiger charge is -2.33. The minimum atomic E-state index is -4.20. The van der Waals surface area contributed by atoms with Crippen molar-refractivity contribution in [2.24, 2.45) is 5.92 Å². The van der Waals surface area contributed by atoms with E-state index < -0.39 is 12.8 Å². The second kappa shape index (κ2) is 7.70. The molecule has 1 fully saturated rings. The first-order valence-corrected chi connectivity index (χ1v) is 7.31. The molecular weight excluding hydrogens is 311 g/mol. The van der Waals surface area contributed by atoms with Crippen molar-refractivity contribution in [3.8, 4) is 0 Å². The molecule has 1 heterocycles. The van der Waals surface area contributed by atoms with E-state index in [9.17, 15) is 13.2 Å². The summed E-state index contributed by atoms with van der Waals surface area (Å²) in [5, 5.41) is 0. The number of rotatable bonds is 6. The highest BCUT2D eigenvalue weighted by atomic mass is 79.9. The lowest BCUT2D eigenvalue weighted by Crippen LogP contribution is -2.36. The molecule has 0 aromatic rings. The van der Waals surface area contributed by atoms with Gasteiger partial charge in [0.1, 0.15) is 6.61 Å². The summed E-state index contributed by atoms with van der Waals surface area (Å²) < 4.78 is 40.0. The number of hydrogen-bond donors (Lipinski definition) is 0. The van der Waals surface area contributed by atoms with Crippen molar-refractivity contribution in [3.63, 3.8) is 0 Å². The molecule has 2 nitrogen and oxygen atoms in total. The van der Waals surface area contributed by atoms with Gasteiger partial charge in [0.05, 0.1) is 0 Å². The maximum Gasteiger partial charge on any atom is 0.411 e. The second-order valence-electron chi connectivity index (χ2n) is 4.88. The molecule has 0 N–H and O–H groups in total. The number of alkyl halides is 4. The molecule has 0 spiro atoms. The number of likely N-dealkylation sites (tertiary alicyclic amines) is 1. The Labute approximate surface area is 115 Å². The monoisotopic (exact) mass is 331 g/mol. The van der Waals surface area contributed by atoms with Gasteiger partial charge in [0.2, 0.25) is 0 Å². The van der Waals surface area contributed by atoms with Crippen LogP contribution in [0.3, 0.4) is 0 Å². The lowest BCUT2D eigenvalue weighted by molar-refractivity contribution is -0.174. The van der Waals surface area contributed by atoms with Crippen LogP contribution in [-0.4, -0.2) is 48.8 Å². The Hall–Kier alpha value is 0.190. The Balaban J connectivity index is 2.01. The van der Waals surface area contributed by atoms with Crippen LogP contribution in [0.5, 0.6) is 0 Å². The molecule has 0 bridgehead atoms. The van der Waals surface area contributed by atoms with Crippen LogP contribution < -0.4 is 0 Å². The minimum Gasteiger partial charge on any atom is -0.372 e. The highest BCUT2D eigenvalue weighted by molar-refractivity contribution is 9.09. The smallest absolute Gasteiger partial charge is 0.372 e. The zero-order chi connectivity index (χ0) is 13.6. The van der Waals surface area contributed by atoms with Crippen molar-refractivity contribution in [1.82, 2.24) is 4.90 Å². The molecule has 1 rings (SSSR count). The SMILES string of the molecule is CC(Br)C1CCN(CCCOCC(F)(F)F)CC1. The first-order chi connectivity index (χ1) is 8.38. The third-order valence-corrected chi connectivity index (χ3v) is 4.06. The summed E-state index contributed by atoms with van der Waals surface area (Å²) in [7, 11) is 0. The molecule has 108 valence electrons. The van der Waals surface area contributed by atoms with E-state index >= 15 is 0 Å². The average molecular weight is 332 g/mol. The van der Waals surface area contributed by atoms with E-state index in [0.717, 1.165) is 38.4 Å². The summed E-state index contributed by atoms with van der Waals surface area (Å²) in [4.78, 5) is 2.86. The van der Waals surface area contributed by atoms with Gasteiger partial charge < -0.3 is 9.64 Å². The summed E-state index contributed by atoms with van der Waals surface area (Å²) >= 11 is 3.60. The Morgan fingerprint density at radius 1 is 1.33 bits per heavy atom. The number of halogens is 4. The molecule has 1 aliphatic heterocycles.